The molecule has 0 radical (unpaired) electrons. The maximum absolute atomic E-state index is 13.5. The number of rotatable bonds is 3. The molecule has 0 amide bonds. The summed E-state index contributed by atoms with van der Waals surface area (Å²) in [5.74, 6) is -0.187. The average molecular weight is 405 g/mol. The Morgan fingerprint density at radius 1 is 1.14 bits per heavy atom. The third kappa shape index (κ3) is 2.85. The van der Waals surface area contributed by atoms with E-state index in [4.69, 9.17) is 4.74 Å². The van der Waals surface area contributed by atoms with E-state index < -0.39 is 29.4 Å². The van der Waals surface area contributed by atoms with Crippen LogP contribution in [-0.4, -0.2) is 40.6 Å². The van der Waals surface area contributed by atoms with Gasteiger partial charge in [-0.3, -0.25) is 19.2 Å². The van der Waals surface area contributed by atoms with Crippen LogP contribution in [0.2, 0.25) is 0 Å². The van der Waals surface area contributed by atoms with Crippen LogP contribution in [0.1, 0.15) is 72.1 Å². The smallest absolute Gasteiger partial charge is 0.303 e. The Bertz CT molecular complexity index is 773. The summed E-state index contributed by atoms with van der Waals surface area (Å²) in [6.45, 7) is 4.86. The summed E-state index contributed by atoms with van der Waals surface area (Å²) >= 11 is 0. The molecule has 0 heterocycles. The molecule has 4 saturated carbocycles. The van der Waals surface area contributed by atoms with Gasteiger partial charge in [0.2, 0.25) is 5.78 Å². The van der Waals surface area contributed by atoms with Crippen LogP contribution >= 0.6 is 0 Å². The van der Waals surface area contributed by atoms with Gasteiger partial charge in [0, 0.05) is 37.5 Å². The van der Waals surface area contributed by atoms with E-state index >= 15 is 0 Å². The van der Waals surface area contributed by atoms with Crippen molar-refractivity contribution in [1.82, 2.24) is 0 Å². The molecule has 0 aromatic heterocycles. The molecule has 1 N–H and O–H groups in total. The molecule has 0 aromatic carbocycles. The fourth-order valence-electron chi connectivity index (χ4n) is 7.61. The summed E-state index contributed by atoms with van der Waals surface area (Å²) in [6.07, 6.45) is 4.90. The molecule has 29 heavy (non-hydrogen) atoms. The van der Waals surface area contributed by atoms with Gasteiger partial charge in [-0.15, -0.1) is 0 Å². The first-order chi connectivity index (χ1) is 13.5. The zero-order valence-electron chi connectivity index (χ0n) is 17.7. The summed E-state index contributed by atoms with van der Waals surface area (Å²) in [5.41, 5.74) is -2.61. The molecule has 0 saturated heterocycles. The molecule has 0 bridgehead atoms. The number of ether oxygens (including phenoxy) is 1. The first kappa shape index (κ1) is 20.7. The summed E-state index contributed by atoms with van der Waals surface area (Å²) < 4.78 is 4.87. The highest BCUT2D eigenvalue weighted by Crippen LogP contribution is 2.67. The Morgan fingerprint density at radius 2 is 1.86 bits per heavy atom. The molecule has 0 aromatic rings. The van der Waals surface area contributed by atoms with E-state index in [1.807, 2.05) is 6.92 Å². The molecule has 4 aliphatic carbocycles. The number of carbonyl (C=O) groups is 4. The lowest BCUT2D eigenvalue weighted by Gasteiger charge is -2.59. The van der Waals surface area contributed by atoms with Crippen LogP contribution < -0.4 is 0 Å². The molecule has 4 fully saturated rings. The van der Waals surface area contributed by atoms with Crippen molar-refractivity contribution in [3.63, 3.8) is 0 Å². The van der Waals surface area contributed by atoms with Crippen molar-refractivity contribution < 1.29 is 29.0 Å². The fourth-order valence-corrected chi connectivity index (χ4v) is 7.61. The van der Waals surface area contributed by atoms with Gasteiger partial charge in [0.15, 0.2) is 6.61 Å². The molecule has 4 aliphatic rings. The van der Waals surface area contributed by atoms with E-state index in [-0.39, 0.29) is 41.3 Å². The Morgan fingerprint density at radius 3 is 2.55 bits per heavy atom. The number of aliphatic hydroxyl groups is 1. The van der Waals surface area contributed by atoms with E-state index in [9.17, 15) is 24.3 Å². The van der Waals surface area contributed by atoms with Gasteiger partial charge < -0.3 is 9.84 Å². The quantitative estimate of drug-likeness (QED) is 0.726. The van der Waals surface area contributed by atoms with Crippen LogP contribution in [0.15, 0.2) is 0 Å². The van der Waals surface area contributed by atoms with Crippen LogP contribution in [0.25, 0.3) is 0 Å². The third-order valence-corrected chi connectivity index (χ3v) is 9.19. The minimum atomic E-state index is -1.63. The van der Waals surface area contributed by atoms with E-state index in [1.54, 1.807) is 0 Å². The maximum atomic E-state index is 13.5. The van der Waals surface area contributed by atoms with Crippen molar-refractivity contribution in [3.8, 4) is 0 Å². The van der Waals surface area contributed by atoms with Gasteiger partial charge in [0.05, 0.1) is 0 Å². The van der Waals surface area contributed by atoms with E-state index in [2.05, 4.69) is 6.92 Å². The topological polar surface area (TPSA) is 97.7 Å². The zero-order chi connectivity index (χ0) is 21.2. The highest BCUT2D eigenvalue weighted by molar-refractivity contribution is 5.93. The number of carbonyl (C=O) groups excluding carboxylic acids is 4. The van der Waals surface area contributed by atoms with E-state index in [0.717, 1.165) is 19.3 Å². The second kappa shape index (κ2) is 6.73. The molecule has 7 atom stereocenters. The molecule has 0 spiro atoms. The zero-order valence-corrected chi connectivity index (χ0v) is 17.7. The molecule has 160 valence electrons. The van der Waals surface area contributed by atoms with Crippen LogP contribution in [-0.2, 0) is 23.9 Å². The number of ketones is 3. The standard InChI is InChI=1S/C23H32O6/c1-13(24)29-12-19(27)23(28)9-7-17-16-5-4-14-10-15(25)6-8-21(14,2)20(16)18(26)11-22(17,23)3/h14,16-17,20,28H,4-12H2,1-3H3/t14-,16-,17+,20+,21-,22-,23+/m0/s1. The Balaban J connectivity index is 1.64. The van der Waals surface area contributed by atoms with Gasteiger partial charge in [0.1, 0.15) is 17.2 Å². The normalized spacial score (nSPS) is 46.5. The lowest BCUT2D eigenvalue weighted by Crippen LogP contribution is -2.62. The molecule has 0 aliphatic heterocycles. The number of hydrogen-bond donors (Lipinski definition) is 1. The summed E-state index contributed by atoms with van der Waals surface area (Å²) in [6, 6.07) is 0. The molecule has 0 unspecified atom stereocenters. The third-order valence-electron chi connectivity index (χ3n) is 9.19. The van der Waals surface area contributed by atoms with Crippen molar-refractivity contribution in [2.45, 2.75) is 77.7 Å². The predicted octanol–water partition coefficient (Wildman–Crippen LogP) is 2.64. The number of hydrogen-bond acceptors (Lipinski definition) is 6. The van der Waals surface area contributed by atoms with E-state index in [0.29, 0.717) is 31.5 Å². The lowest BCUT2D eigenvalue weighted by atomic mass is 9.44. The van der Waals surface area contributed by atoms with Crippen LogP contribution in [0.4, 0.5) is 0 Å². The van der Waals surface area contributed by atoms with Crippen LogP contribution in [0.3, 0.4) is 0 Å². The maximum Gasteiger partial charge on any atom is 0.303 e. The average Bonchev–Trinajstić information content (AvgIpc) is 2.91. The van der Waals surface area contributed by atoms with Crippen molar-refractivity contribution in [1.29, 1.82) is 0 Å². The Hall–Kier alpha value is -1.56. The number of fused-ring (bicyclic) bond motifs is 5. The second-order valence-corrected chi connectivity index (χ2v) is 10.4. The van der Waals surface area contributed by atoms with Gasteiger partial charge in [-0.2, -0.15) is 0 Å². The van der Waals surface area contributed by atoms with Crippen molar-refractivity contribution in [2.24, 2.45) is 34.5 Å². The number of Topliss-reactive ketones (excluding diaryl/α,β-unsaturated/α-hetero) is 3. The molecule has 4 rings (SSSR count). The van der Waals surface area contributed by atoms with Gasteiger partial charge in [0.25, 0.3) is 0 Å². The molecular weight excluding hydrogens is 372 g/mol. The van der Waals surface area contributed by atoms with Crippen LogP contribution in [0.5, 0.6) is 0 Å². The summed E-state index contributed by atoms with van der Waals surface area (Å²) in [7, 11) is 0. The number of esters is 1. The molecular formula is C23H32O6. The van der Waals surface area contributed by atoms with Crippen molar-refractivity contribution >= 4 is 23.3 Å². The van der Waals surface area contributed by atoms with Gasteiger partial charge in [-0.05, 0) is 55.3 Å². The minimum absolute atomic E-state index is 0.0849. The summed E-state index contributed by atoms with van der Waals surface area (Å²) in [4.78, 5) is 49.5. The monoisotopic (exact) mass is 404 g/mol. The molecule has 6 nitrogen and oxygen atoms in total. The second-order valence-electron chi connectivity index (χ2n) is 10.4. The molecule has 6 heteroatoms. The Labute approximate surface area is 171 Å². The SMILES string of the molecule is CC(=O)OCC(=O)[C@]1(O)CC[C@@H]2[C@@H]3CC[C@H]4CC(=O)CC[C@]4(C)[C@H]3C(=O)C[C@@]21C. The summed E-state index contributed by atoms with van der Waals surface area (Å²) in [5, 5.41) is 11.4. The van der Waals surface area contributed by atoms with Crippen LogP contribution in [0, 0.1) is 34.5 Å². The van der Waals surface area contributed by atoms with Crippen molar-refractivity contribution in [3.05, 3.63) is 0 Å². The van der Waals surface area contributed by atoms with E-state index in [1.165, 1.54) is 6.92 Å². The Kier molecular flexibility index (Phi) is 4.80. The first-order valence-corrected chi connectivity index (χ1v) is 11.0. The van der Waals surface area contributed by atoms with Gasteiger partial charge in [-0.25, -0.2) is 0 Å². The highest BCUT2D eigenvalue weighted by atomic mass is 16.5. The predicted molar refractivity (Wildman–Crippen MR) is 104 cm³/mol. The van der Waals surface area contributed by atoms with Gasteiger partial charge >= 0.3 is 5.97 Å². The lowest BCUT2D eigenvalue weighted by molar-refractivity contribution is -0.180. The highest BCUT2D eigenvalue weighted by Gasteiger charge is 2.69. The first-order valence-electron chi connectivity index (χ1n) is 11.0. The minimum Gasteiger partial charge on any atom is -0.458 e. The van der Waals surface area contributed by atoms with Crippen molar-refractivity contribution in [2.75, 3.05) is 6.61 Å². The largest absolute Gasteiger partial charge is 0.458 e. The fraction of sp³-hybridized carbons (Fsp3) is 0.826. The van der Waals surface area contributed by atoms with Gasteiger partial charge in [-0.1, -0.05) is 13.8 Å².